The third-order valence-corrected chi connectivity index (χ3v) is 6.39. The first-order chi connectivity index (χ1) is 13.3. The highest BCUT2D eigenvalue weighted by atomic mass is 32.2. The van der Waals surface area contributed by atoms with Crippen LogP contribution < -0.4 is 4.90 Å². The van der Waals surface area contributed by atoms with Crippen molar-refractivity contribution in [1.29, 1.82) is 0 Å². The van der Waals surface area contributed by atoms with Crippen molar-refractivity contribution in [2.24, 2.45) is 4.40 Å². The van der Waals surface area contributed by atoms with Gasteiger partial charge in [-0.15, -0.1) is 17.6 Å². The first-order valence-electron chi connectivity index (χ1n) is 8.43. The van der Waals surface area contributed by atoms with Crippen LogP contribution in [0.1, 0.15) is 10.4 Å². The maximum atomic E-state index is 12.3. The van der Waals surface area contributed by atoms with Crippen LogP contribution in [0.4, 0.5) is 5.69 Å². The molecule has 2 aliphatic heterocycles. The average molecular weight is 422 g/mol. The predicted octanol–water partition coefficient (Wildman–Crippen LogP) is 1.66. The minimum Gasteiger partial charge on any atom is -0.452 e. The summed E-state index contributed by atoms with van der Waals surface area (Å²) in [6.45, 7) is 7.78. The maximum absolute atomic E-state index is 12.3. The zero-order valence-corrected chi connectivity index (χ0v) is 16.7. The minimum atomic E-state index is -3.44. The van der Waals surface area contributed by atoms with Crippen LogP contribution >= 0.6 is 11.8 Å². The number of amidine groups is 1. The van der Waals surface area contributed by atoms with Crippen molar-refractivity contribution >= 4 is 44.5 Å². The van der Waals surface area contributed by atoms with Gasteiger partial charge in [0.05, 0.1) is 17.0 Å². The Balaban J connectivity index is 1.68. The highest BCUT2D eigenvalue weighted by Gasteiger charge is 2.33. The van der Waals surface area contributed by atoms with Crippen molar-refractivity contribution in [1.82, 2.24) is 4.90 Å². The molecule has 0 N–H and O–H groups in total. The molecule has 2 heterocycles. The zero-order chi connectivity index (χ0) is 20.3. The molecule has 0 saturated heterocycles. The molecule has 2 aliphatic rings. The first-order valence-corrected chi connectivity index (χ1v) is 10.9. The number of rotatable bonds is 7. The summed E-state index contributed by atoms with van der Waals surface area (Å²) in [4.78, 5) is 28.5. The SMILES string of the molecule is C=CCN(CC=C)C(=O)COC(=O)c1ccc2c(c1)SC1=NS(=O)(=O)CCN12. The Hall–Kier alpha value is -2.59. The lowest BCUT2D eigenvalue weighted by Gasteiger charge is -2.22. The van der Waals surface area contributed by atoms with Gasteiger partial charge < -0.3 is 14.5 Å². The van der Waals surface area contributed by atoms with Crippen LogP contribution in [-0.4, -0.2) is 62.4 Å². The number of thioether (sulfide) groups is 1. The van der Waals surface area contributed by atoms with E-state index >= 15 is 0 Å². The summed E-state index contributed by atoms with van der Waals surface area (Å²) in [7, 11) is -3.44. The van der Waals surface area contributed by atoms with Gasteiger partial charge in [0.2, 0.25) is 0 Å². The number of hydrogen-bond donors (Lipinski definition) is 0. The molecule has 10 heteroatoms. The lowest BCUT2D eigenvalue weighted by molar-refractivity contribution is -0.133. The summed E-state index contributed by atoms with van der Waals surface area (Å²) in [6.07, 6.45) is 3.16. The summed E-state index contributed by atoms with van der Waals surface area (Å²) < 4.78 is 32.2. The lowest BCUT2D eigenvalue weighted by Crippen LogP contribution is -2.35. The van der Waals surface area contributed by atoms with E-state index in [4.69, 9.17) is 4.74 Å². The maximum Gasteiger partial charge on any atom is 0.338 e. The molecule has 0 saturated carbocycles. The summed E-state index contributed by atoms with van der Waals surface area (Å²) >= 11 is 1.19. The average Bonchev–Trinajstić information content (AvgIpc) is 3.00. The number of fused-ring (bicyclic) bond motifs is 3. The van der Waals surface area contributed by atoms with Crippen molar-refractivity contribution < 1.29 is 22.7 Å². The van der Waals surface area contributed by atoms with Crippen molar-refractivity contribution in [2.45, 2.75) is 4.90 Å². The van der Waals surface area contributed by atoms with E-state index in [2.05, 4.69) is 17.6 Å². The number of carbonyl (C=O) groups excluding carboxylic acids is 2. The fourth-order valence-electron chi connectivity index (χ4n) is 2.75. The van der Waals surface area contributed by atoms with Crippen LogP contribution in [0.5, 0.6) is 0 Å². The van der Waals surface area contributed by atoms with Crippen LogP contribution in [-0.2, 0) is 19.6 Å². The number of esters is 1. The number of ether oxygens (including phenoxy) is 1. The second kappa shape index (κ2) is 8.19. The standard InChI is InChI=1S/C18H19N3O5S2/c1-3-7-20(8-4-2)16(22)12-26-17(23)13-5-6-14-15(11-13)27-18-19-28(24,25)10-9-21(14)18/h3-6,11H,1-2,7-10,12H2. The molecule has 0 aliphatic carbocycles. The van der Waals surface area contributed by atoms with Gasteiger partial charge in [-0.05, 0) is 30.0 Å². The van der Waals surface area contributed by atoms with E-state index in [0.717, 1.165) is 10.6 Å². The fraction of sp³-hybridized carbons (Fsp3) is 0.278. The zero-order valence-electron chi connectivity index (χ0n) is 15.0. The smallest absolute Gasteiger partial charge is 0.338 e. The number of benzene rings is 1. The molecule has 1 aromatic rings. The molecule has 0 unspecified atom stereocenters. The molecule has 3 rings (SSSR count). The lowest BCUT2D eigenvalue weighted by atomic mass is 10.2. The molecular weight excluding hydrogens is 402 g/mol. The quantitative estimate of drug-likeness (QED) is 0.488. The van der Waals surface area contributed by atoms with Crippen LogP contribution in [0.3, 0.4) is 0 Å². The van der Waals surface area contributed by atoms with Crippen LogP contribution in [0, 0.1) is 0 Å². The van der Waals surface area contributed by atoms with Gasteiger partial charge in [0.25, 0.3) is 15.9 Å². The molecular formula is C18H19N3O5S2. The Bertz CT molecular complexity index is 961. The molecule has 0 spiro atoms. The van der Waals surface area contributed by atoms with Crippen molar-refractivity contribution in [2.75, 3.05) is 36.9 Å². The Morgan fingerprint density at radius 3 is 2.68 bits per heavy atom. The highest BCUT2D eigenvalue weighted by molar-refractivity contribution is 8.15. The largest absolute Gasteiger partial charge is 0.452 e. The van der Waals surface area contributed by atoms with Gasteiger partial charge in [0.15, 0.2) is 11.8 Å². The third-order valence-electron chi connectivity index (χ3n) is 4.09. The monoisotopic (exact) mass is 421 g/mol. The first kappa shape index (κ1) is 20.2. The fourth-order valence-corrected chi connectivity index (χ4v) is 5.05. The van der Waals surface area contributed by atoms with E-state index in [1.807, 2.05) is 4.90 Å². The number of nitrogens with zero attached hydrogens (tertiary/aromatic N) is 3. The Morgan fingerprint density at radius 2 is 2.00 bits per heavy atom. The molecule has 8 nitrogen and oxygen atoms in total. The second-order valence-electron chi connectivity index (χ2n) is 6.05. The highest BCUT2D eigenvalue weighted by Crippen LogP contribution is 2.42. The Morgan fingerprint density at radius 1 is 1.29 bits per heavy atom. The van der Waals surface area contributed by atoms with E-state index in [1.54, 1.807) is 30.4 Å². The molecule has 1 amide bonds. The number of carbonyl (C=O) groups is 2. The molecule has 0 aromatic heterocycles. The molecule has 28 heavy (non-hydrogen) atoms. The minimum absolute atomic E-state index is 0.0473. The van der Waals surface area contributed by atoms with Gasteiger partial charge in [-0.1, -0.05) is 12.2 Å². The van der Waals surface area contributed by atoms with E-state index in [1.165, 1.54) is 16.7 Å². The predicted molar refractivity (Wildman–Crippen MR) is 108 cm³/mol. The van der Waals surface area contributed by atoms with E-state index in [0.29, 0.717) is 24.8 Å². The van der Waals surface area contributed by atoms with Gasteiger partial charge >= 0.3 is 5.97 Å². The van der Waals surface area contributed by atoms with Gasteiger partial charge in [0.1, 0.15) is 0 Å². The van der Waals surface area contributed by atoms with Gasteiger partial charge in [0, 0.05) is 24.5 Å². The molecule has 0 atom stereocenters. The van der Waals surface area contributed by atoms with Crippen molar-refractivity contribution in [3.8, 4) is 0 Å². The summed E-state index contributed by atoms with van der Waals surface area (Å²) in [5, 5.41) is 0.381. The van der Waals surface area contributed by atoms with Gasteiger partial charge in [-0.3, -0.25) is 4.79 Å². The normalized spacial score (nSPS) is 16.4. The second-order valence-corrected chi connectivity index (χ2v) is 8.81. The van der Waals surface area contributed by atoms with Crippen molar-refractivity contribution in [3.63, 3.8) is 0 Å². The molecule has 0 bridgehead atoms. The van der Waals surface area contributed by atoms with Gasteiger partial charge in [-0.25, -0.2) is 13.2 Å². The summed E-state index contributed by atoms with van der Waals surface area (Å²) in [6, 6.07) is 4.93. The van der Waals surface area contributed by atoms with Crippen LogP contribution in [0.25, 0.3) is 0 Å². The van der Waals surface area contributed by atoms with E-state index < -0.39 is 16.0 Å². The van der Waals surface area contributed by atoms with E-state index in [9.17, 15) is 18.0 Å². The molecule has 148 valence electrons. The summed E-state index contributed by atoms with van der Waals surface area (Å²) in [5.74, 6) is -1.03. The molecule has 0 fully saturated rings. The number of anilines is 1. The van der Waals surface area contributed by atoms with Gasteiger partial charge in [-0.2, -0.15) is 0 Å². The summed E-state index contributed by atoms with van der Waals surface area (Å²) in [5.41, 5.74) is 1.08. The molecule has 1 aromatic carbocycles. The topological polar surface area (TPSA) is 96.3 Å². The van der Waals surface area contributed by atoms with Crippen molar-refractivity contribution in [3.05, 3.63) is 49.1 Å². The van der Waals surface area contributed by atoms with E-state index in [-0.39, 0.29) is 23.8 Å². The van der Waals surface area contributed by atoms with Crippen LogP contribution in [0.2, 0.25) is 0 Å². The van der Waals surface area contributed by atoms with Crippen LogP contribution in [0.15, 0.2) is 52.8 Å². The number of sulfonamides is 1. The Labute approximate surface area is 167 Å². The molecule has 0 radical (unpaired) electrons. The number of hydrogen-bond acceptors (Lipinski definition) is 7. The third kappa shape index (κ3) is 4.28. The Kier molecular flexibility index (Phi) is 5.90. The number of amides is 1.